The summed E-state index contributed by atoms with van der Waals surface area (Å²) < 4.78 is 5.06. The van der Waals surface area contributed by atoms with E-state index >= 15 is 0 Å². The number of aromatic nitrogens is 1. The fourth-order valence-electron chi connectivity index (χ4n) is 4.26. The van der Waals surface area contributed by atoms with Gasteiger partial charge in [-0.25, -0.2) is 4.79 Å². The van der Waals surface area contributed by atoms with Gasteiger partial charge in [0.25, 0.3) is 5.91 Å². The van der Waals surface area contributed by atoms with Crippen LogP contribution < -0.4 is 5.32 Å². The van der Waals surface area contributed by atoms with Gasteiger partial charge in [0, 0.05) is 45.3 Å². The topological polar surface area (TPSA) is 81.9 Å². The normalized spacial score (nSPS) is 18.1. The van der Waals surface area contributed by atoms with Gasteiger partial charge in [0.15, 0.2) is 0 Å². The Kier molecular flexibility index (Phi) is 7.09. The van der Waals surface area contributed by atoms with Crippen LogP contribution in [0.2, 0.25) is 0 Å². The maximum Gasteiger partial charge on any atom is 0.317 e. The second-order valence-corrected chi connectivity index (χ2v) is 9.05. The highest BCUT2D eigenvalue weighted by atomic mass is 16.5. The first-order valence-corrected chi connectivity index (χ1v) is 11.5. The number of nitrogens with one attached hydrogen (secondary N) is 1. The van der Waals surface area contributed by atoms with Crippen molar-refractivity contribution in [1.29, 1.82) is 0 Å². The summed E-state index contributed by atoms with van der Waals surface area (Å²) in [5.41, 5.74) is 3.08. The van der Waals surface area contributed by atoms with Gasteiger partial charge in [0.05, 0.1) is 5.69 Å². The van der Waals surface area contributed by atoms with Gasteiger partial charge in [-0.05, 0) is 49.9 Å². The molecule has 0 radical (unpaired) electrons. The van der Waals surface area contributed by atoms with Crippen LogP contribution in [0.4, 0.5) is 4.79 Å². The van der Waals surface area contributed by atoms with Gasteiger partial charge < -0.3 is 19.6 Å². The maximum atomic E-state index is 12.6. The summed E-state index contributed by atoms with van der Waals surface area (Å²) in [5, 5.41) is 6.76. The molecule has 32 heavy (non-hydrogen) atoms. The van der Waals surface area contributed by atoms with E-state index in [1.807, 2.05) is 0 Å². The van der Waals surface area contributed by atoms with E-state index in [9.17, 15) is 9.59 Å². The van der Waals surface area contributed by atoms with E-state index in [4.69, 9.17) is 4.52 Å². The Bertz CT molecular complexity index is 910. The molecule has 2 saturated heterocycles. The van der Waals surface area contributed by atoms with Crippen LogP contribution in [-0.4, -0.2) is 71.1 Å². The molecule has 0 saturated carbocycles. The molecular weight excluding hydrogens is 406 g/mol. The summed E-state index contributed by atoms with van der Waals surface area (Å²) in [6, 6.07) is 10.1. The van der Waals surface area contributed by atoms with Crippen LogP contribution in [0.3, 0.4) is 0 Å². The predicted octanol–water partition coefficient (Wildman–Crippen LogP) is 2.88. The number of urea groups is 1. The average Bonchev–Trinajstić information content (AvgIpc) is 3.26. The third kappa shape index (κ3) is 5.68. The summed E-state index contributed by atoms with van der Waals surface area (Å²) in [5.74, 6) is 0.918. The summed E-state index contributed by atoms with van der Waals surface area (Å²) in [4.78, 5) is 31.0. The third-order valence-electron chi connectivity index (χ3n) is 6.44. The van der Waals surface area contributed by atoms with E-state index in [1.54, 1.807) is 22.8 Å². The van der Waals surface area contributed by atoms with Crippen LogP contribution in [0.15, 0.2) is 34.9 Å². The highest BCUT2D eigenvalue weighted by Crippen LogP contribution is 2.18. The van der Waals surface area contributed by atoms with Crippen molar-refractivity contribution in [2.75, 3.05) is 39.3 Å². The number of carbonyl (C=O) groups excluding carboxylic acids is 2. The van der Waals surface area contributed by atoms with Crippen molar-refractivity contribution < 1.29 is 14.1 Å². The number of piperazine rings is 1. The van der Waals surface area contributed by atoms with Crippen molar-refractivity contribution in [3.8, 4) is 0 Å². The SMILES string of the molecule is Cc1cc(C(=O)N2CCN(C(=O)NCc3ccc(CN4CCC(C)CC4)cc3)CC2)on1. The molecule has 2 aromatic rings. The van der Waals surface area contributed by atoms with Crippen LogP contribution in [0.1, 0.15) is 47.1 Å². The molecule has 8 heteroatoms. The lowest BCUT2D eigenvalue weighted by atomic mass is 9.99. The van der Waals surface area contributed by atoms with Gasteiger partial charge in [-0.1, -0.05) is 36.3 Å². The average molecular weight is 440 g/mol. The van der Waals surface area contributed by atoms with Crippen LogP contribution in [0.5, 0.6) is 0 Å². The van der Waals surface area contributed by atoms with Crippen molar-refractivity contribution >= 4 is 11.9 Å². The van der Waals surface area contributed by atoms with E-state index in [2.05, 4.69) is 46.6 Å². The van der Waals surface area contributed by atoms with E-state index in [0.29, 0.717) is 38.4 Å². The first-order chi connectivity index (χ1) is 15.5. The molecule has 2 aliphatic heterocycles. The standard InChI is InChI=1S/C24H33N5O3/c1-18-7-9-27(10-8-18)17-21-5-3-20(4-6-21)16-25-24(31)29-13-11-28(12-14-29)23(30)22-15-19(2)26-32-22/h3-6,15,18H,7-14,16-17H2,1-2H3,(H,25,31). The van der Waals surface area contributed by atoms with Gasteiger partial charge in [0.2, 0.25) is 5.76 Å². The molecule has 3 amide bonds. The Labute approximate surface area is 189 Å². The van der Waals surface area contributed by atoms with Gasteiger partial charge in [-0.15, -0.1) is 0 Å². The van der Waals surface area contributed by atoms with Gasteiger partial charge >= 0.3 is 6.03 Å². The van der Waals surface area contributed by atoms with E-state index in [-0.39, 0.29) is 17.7 Å². The molecule has 4 rings (SSSR count). The minimum absolute atomic E-state index is 0.0980. The molecule has 1 N–H and O–H groups in total. The molecule has 0 aliphatic carbocycles. The number of carbonyl (C=O) groups is 2. The quantitative estimate of drug-likeness (QED) is 0.775. The smallest absolute Gasteiger partial charge is 0.317 e. The molecule has 0 bridgehead atoms. The second-order valence-electron chi connectivity index (χ2n) is 9.05. The van der Waals surface area contributed by atoms with Gasteiger partial charge in [-0.2, -0.15) is 0 Å². The number of hydrogen-bond acceptors (Lipinski definition) is 5. The molecule has 2 fully saturated rings. The van der Waals surface area contributed by atoms with Crippen molar-refractivity contribution in [1.82, 2.24) is 25.2 Å². The summed E-state index contributed by atoms with van der Waals surface area (Å²) in [7, 11) is 0. The number of piperidine rings is 1. The molecular formula is C24H33N5O3. The van der Waals surface area contributed by atoms with Crippen molar-refractivity contribution in [3.05, 3.63) is 52.9 Å². The van der Waals surface area contributed by atoms with Crippen LogP contribution >= 0.6 is 0 Å². The maximum absolute atomic E-state index is 12.6. The molecule has 172 valence electrons. The number of amides is 3. The zero-order chi connectivity index (χ0) is 22.5. The zero-order valence-electron chi connectivity index (χ0n) is 19.0. The van der Waals surface area contributed by atoms with Gasteiger partial charge in [0.1, 0.15) is 0 Å². The molecule has 1 aromatic heterocycles. The lowest BCUT2D eigenvalue weighted by Crippen LogP contribution is -2.53. The van der Waals surface area contributed by atoms with E-state index in [0.717, 1.165) is 18.0 Å². The lowest BCUT2D eigenvalue weighted by Gasteiger charge is -2.34. The Morgan fingerprint density at radius 1 is 1.00 bits per heavy atom. The highest BCUT2D eigenvalue weighted by Gasteiger charge is 2.26. The summed E-state index contributed by atoms with van der Waals surface area (Å²) >= 11 is 0. The third-order valence-corrected chi connectivity index (χ3v) is 6.44. The number of nitrogens with zero attached hydrogens (tertiary/aromatic N) is 4. The number of likely N-dealkylation sites (tertiary alicyclic amines) is 1. The minimum Gasteiger partial charge on any atom is -0.351 e. The fourth-order valence-corrected chi connectivity index (χ4v) is 4.26. The predicted molar refractivity (Wildman–Crippen MR) is 121 cm³/mol. The summed E-state index contributed by atoms with van der Waals surface area (Å²) in [6.07, 6.45) is 2.57. The number of hydrogen-bond donors (Lipinski definition) is 1. The first-order valence-electron chi connectivity index (χ1n) is 11.5. The van der Waals surface area contributed by atoms with Crippen molar-refractivity contribution in [2.24, 2.45) is 5.92 Å². The number of benzene rings is 1. The second kappa shape index (κ2) is 10.2. The van der Waals surface area contributed by atoms with E-state index in [1.165, 1.54) is 31.5 Å². The largest absolute Gasteiger partial charge is 0.351 e. The molecule has 0 unspecified atom stereocenters. The highest BCUT2D eigenvalue weighted by molar-refractivity contribution is 5.91. The summed E-state index contributed by atoms with van der Waals surface area (Å²) in [6.45, 7) is 9.92. The van der Waals surface area contributed by atoms with Crippen LogP contribution in [-0.2, 0) is 13.1 Å². The number of rotatable bonds is 5. The molecule has 0 spiro atoms. The molecule has 0 atom stereocenters. The zero-order valence-corrected chi connectivity index (χ0v) is 19.0. The molecule has 2 aliphatic rings. The minimum atomic E-state index is -0.176. The Hall–Kier alpha value is -2.87. The van der Waals surface area contributed by atoms with Crippen LogP contribution in [0.25, 0.3) is 0 Å². The lowest BCUT2D eigenvalue weighted by molar-refractivity contribution is 0.0624. The van der Waals surface area contributed by atoms with Crippen LogP contribution in [0, 0.1) is 12.8 Å². The van der Waals surface area contributed by atoms with Crippen molar-refractivity contribution in [3.63, 3.8) is 0 Å². The Morgan fingerprint density at radius 3 is 2.25 bits per heavy atom. The first kappa shape index (κ1) is 22.3. The Balaban J connectivity index is 1.19. The molecule has 8 nitrogen and oxygen atoms in total. The molecule has 3 heterocycles. The van der Waals surface area contributed by atoms with E-state index < -0.39 is 0 Å². The van der Waals surface area contributed by atoms with Crippen molar-refractivity contribution in [2.45, 2.75) is 39.8 Å². The Morgan fingerprint density at radius 2 is 1.62 bits per heavy atom. The monoisotopic (exact) mass is 439 g/mol. The number of aryl methyl sites for hydroxylation is 1. The molecule has 1 aromatic carbocycles. The fraction of sp³-hybridized carbons (Fsp3) is 0.542. The van der Waals surface area contributed by atoms with Gasteiger partial charge in [-0.3, -0.25) is 9.69 Å².